The second kappa shape index (κ2) is 11.1. The molecule has 1 fully saturated rings. The first-order valence-electron chi connectivity index (χ1n) is 12.6. The minimum absolute atomic E-state index is 0.00261. The standard InChI is InChI=1S/C27H25F4N5O4S/c1-36-9-7-16(8-10-36)33-26(37)25-18-5-4-17(23(31)24(18)34-35-25)21-19(29)6-3-14(22(21)30)13-41(38,39)20-11-15(28)12-32-27(20)40-2/h3-6,11-12,16H,7-10,13H2,1-2H3,(H,33,37)(H,34,35). The average Bonchev–Trinajstić information content (AvgIpc) is 3.38. The van der Waals surface area contributed by atoms with Crippen molar-refractivity contribution in [1.82, 2.24) is 25.4 Å². The van der Waals surface area contributed by atoms with Gasteiger partial charge in [-0.05, 0) is 51.2 Å². The summed E-state index contributed by atoms with van der Waals surface area (Å²) in [7, 11) is -1.31. The molecular weight excluding hydrogens is 566 g/mol. The van der Waals surface area contributed by atoms with E-state index in [9.17, 15) is 22.0 Å². The van der Waals surface area contributed by atoms with Gasteiger partial charge in [0.2, 0.25) is 5.88 Å². The molecule has 4 aromatic rings. The Balaban J connectivity index is 1.48. The lowest BCUT2D eigenvalue weighted by molar-refractivity contribution is 0.0913. The fraction of sp³-hybridized carbons (Fsp3) is 0.296. The number of aromatic nitrogens is 3. The third-order valence-corrected chi connectivity index (χ3v) is 8.70. The van der Waals surface area contributed by atoms with Crippen LogP contribution in [-0.4, -0.2) is 67.7 Å². The number of nitrogens with one attached hydrogen (secondary N) is 2. The zero-order valence-corrected chi connectivity index (χ0v) is 22.8. The molecule has 1 amide bonds. The first kappa shape index (κ1) is 28.5. The number of H-pyrrole nitrogens is 1. The van der Waals surface area contributed by atoms with Crippen LogP contribution in [0.3, 0.4) is 0 Å². The molecule has 0 aliphatic carbocycles. The molecule has 3 heterocycles. The van der Waals surface area contributed by atoms with Crippen LogP contribution < -0.4 is 10.1 Å². The van der Waals surface area contributed by atoms with Crippen molar-refractivity contribution in [2.75, 3.05) is 27.2 Å². The summed E-state index contributed by atoms with van der Waals surface area (Å²) in [5, 5.41) is 9.39. The summed E-state index contributed by atoms with van der Waals surface area (Å²) in [5.74, 6) is -6.44. The van der Waals surface area contributed by atoms with Crippen molar-refractivity contribution in [2.24, 2.45) is 0 Å². The summed E-state index contributed by atoms with van der Waals surface area (Å²) >= 11 is 0. The van der Waals surface area contributed by atoms with Crippen molar-refractivity contribution in [1.29, 1.82) is 0 Å². The van der Waals surface area contributed by atoms with E-state index in [-0.39, 0.29) is 22.6 Å². The maximum atomic E-state index is 15.6. The third-order valence-electron chi connectivity index (χ3n) is 7.05. The number of likely N-dealkylation sites (tertiary alicyclic amines) is 1. The number of ether oxygens (including phenoxy) is 1. The van der Waals surface area contributed by atoms with E-state index < -0.39 is 72.2 Å². The number of piperidine rings is 1. The first-order chi connectivity index (χ1) is 19.5. The topological polar surface area (TPSA) is 117 Å². The maximum Gasteiger partial charge on any atom is 0.270 e. The molecule has 5 rings (SSSR count). The van der Waals surface area contributed by atoms with Crippen LogP contribution in [0.2, 0.25) is 0 Å². The van der Waals surface area contributed by atoms with E-state index in [4.69, 9.17) is 4.74 Å². The van der Waals surface area contributed by atoms with Crippen molar-refractivity contribution in [3.05, 3.63) is 71.1 Å². The van der Waals surface area contributed by atoms with Gasteiger partial charge in [-0.1, -0.05) is 12.1 Å². The molecule has 0 unspecified atom stereocenters. The molecule has 1 aliphatic heterocycles. The van der Waals surface area contributed by atoms with Gasteiger partial charge in [0.05, 0.1) is 24.6 Å². The van der Waals surface area contributed by atoms with Gasteiger partial charge >= 0.3 is 0 Å². The molecule has 0 atom stereocenters. The number of carbonyl (C=O) groups excluding carboxylic acids is 1. The number of aromatic amines is 1. The molecule has 1 saturated heterocycles. The first-order valence-corrected chi connectivity index (χ1v) is 14.2. The lowest BCUT2D eigenvalue weighted by Gasteiger charge is -2.29. The van der Waals surface area contributed by atoms with Gasteiger partial charge in [0.15, 0.2) is 15.7 Å². The monoisotopic (exact) mass is 591 g/mol. The summed E-state index contributed by atoms with van der Waals surface area (Å²) in [4.78, 5) is 18.0. The highest BCUT2D eigenvalue weighted by Gasteiger charge is 2.28. The minimum Gasteiger partial charge on any atom is -0.480 e. The molecule has 9 nitrogen and oxygen atoms in total. The Kier molecular flexibility index (Phi) is 7.70. The molecule has 216 valence electrons. The summed E-state index contributed by atoms with van der Waals surface area (Å²) in [6, 6.07) is 4.73. The predicted octanol–water partition coefficient (Wildman–Crippen LogP) is 3.99. The van der Waals surface area contributed by atoms with Crippen LogP contribution in [0.1, 0.15) is 28.9 Å². The Labute approximate surface area is 232 Å². The molecule has 14 heteroatoms. The molecule has 0 spiro atoms. The fourth-order valence-corrected chi connectivity index (χ4v) is 6.33. The number of methoxy groups -OCH3 is 1. The number of fused-ring (bicyclic) bond motifs is 1. The molecule has 0 bridgehead atoms. The van der Waals surface area contributed by atoms with Crippen LogP contribution >= 0.6 is 0 Å². The lowest BCUT2D eigenvalue weighted by Crippen LogP contribution is -2.43. The summed E-state index contributed by atoms with van der Waals surface area (Å²) in [5.41, 5.74) is -2.15. The van der Waals surface area contributed by atoms with Gasteiger partial charge in [-0.2, -0.15) is 5.10 Å². The van der Waals surface area contributed by atoms with Crippen molar-refractivity contribution < 1.29 is 35.5 Å². The number of hydrogen-bond donors (Lipinski definition) is 2. The minimum atomic E-state index is -4.43. The molecule has 1 aliphatic rings. The van der Waals surface area contributed by atoms with Gasteiger partial charge in [0, 0.05) is 22.6 Å². The highest BCUT2D eigenvalue weighted by Crippen LogP contribution is 2.35. The number of amides is 1. The van der Waals surface area contributed by atoms with Gasteiger partial charge in [-0.15, -0.1) is 0 Å². The zero-order chi connectivity index (χ0) is 29.5. The summed E-state index contributed by atoms with van der Waals surface area (Å²) < 4.78 is 90.8. The van der Waals surface area contributed by atoms with Gasteiger partial charge in [-0.3, -0.25) is 9.89 Å². The van der Waals surface area contributed by atoms with E-state index in [0.717, 1.165) is 57.4 Å². The van der Waals surface area contributed by atoms with Crippen LogP contribution in [0.15, 0.2) is 41.4 Å². The number of benzene rings is 2. The zero-order valence-electron chi connectivity index (χ0n) is 22.0. The Bertz CT molecular complexity index is 1750. The van der Waals surface area contributed by atoms with Gasteiger partial charge in [0.1, 0.15) is 33.6 Å². The number of nitrogens with zero attached hydrogens (tertiary/aromatic N) is 3. The largest absolute Gasteiger partial charge is 0.480 e. The number of halogens is 4. The van der Waals surface area contributed by atoms with Crippen LogP contribution in [0.4, 0.5) is 17.6 Å². The smallest absolute Gasteiger partial charge is 0.270 e. The Hall–Kier alpha value is -4.04. The molecule has 41 heavy (non-hydrogen) atoms. The van der Waals surface area contributed by atoms with Crippen LogP contribution in [-0.2, 0) is 15.6 Å². The third kappa shape index (κ3) is 5.48. The van der Waals surface area contributed by atoms with E-state index in [1.165, 1.54) is 6.07 Å². The predicted molar refractivity (Wildman–Crippen MR) is 141 cm³/mol. The molecule has 0 saturated carbocycles. The van der Waals surface area contributed by atoms with Gasteiger partial charge in [0.25, 0.3) is 5.91 Å². The van der Waals surface area contributed by atoms with E-state index in [0.29, 0.717) is 6.07 Å². The molecule has 2 N–H and O–H groups in total. The van der Waals surface area contributed by atoms with Crippen molar-refractivity contribution in [2.45, 2.75) is 29.5 Å². The number of carbonyl (C=O) groups is 1. The average molecular weight is 592 g/mol. The fourth-order valence-electron chi connectivity index (χ4n) is 4.85. The summed E-state index contributed by atoms with van der Waals surface area (Å²) in [6.45, 7) is 1.63. The molecule has 2 aromatic carbocycles. The number of pyridine rings is 1. The van der Waals surface area contributed by atoms with Crippen molar-refractivity contribution in [3.8, 4) is 17.0 Å². The van der Waals surface area contributed by atoms with E-state index >= 15 is 8.78 Å². The molecule has 0 radical (unpaired) electrons. The van der Waals surface area contributed by atoms with E-state index in [1.54, 1.807) is 0 Å². The Morgan fingerprint density at radius 3 is 2.56 bits per heavy atom. The Morgan fingerprint density at radius 1 is 1.12 bits per heavy atom. The Morgan fingerprint density at radius 2 is 1.85 bits per heavy atom. The SMILES string of the molecule is COc1ncc(F)cc1S(=O)(=O)Cc1ccc(F)c(-c2ccc3c(C(=O)NC4CCN(C)CC4)[nH]nc3c2F)c1F. The maximum absolute atomic E-state index is 15.6. The van der Waals surface area contributed by atoms with Crippen LogP contribution in [0.25, 0.3) is 22.0 Å². The molecule has 2 aromatic heterocycles. The number of rotatable bonds is 7. The lowest BCUT2D eigenvalue weighted by atomic mass is 9.99. The quantitative estimate of drug-likeness (QED) is 0.312. The van der Waals surface area contributed by atoms with E-state index in [1.807, 2.05) is 7.05 Å². The molecular formula is C27H25F4N5O4S. The van der Waals surface area contributed by atoms with Crippen molar-refractivity contribution >= 4 is 26.6 Å². The van der Waals surface area contributed by atoms with E-state index in [2.05, 4.69) is 25.4 Å². The van der Waals surface area contributed by atoms with Gasteiger partial charge in [-0.25, -0.2) is 31.0 Å². The van der Waals surface area contributed by atoms with Crippen LogP contribution in [0.5, 0.6) is 5.88 Å². The van der Waals surface area contributed by atoms with Crippen LogP contribution in [0, 0.1) is 23.3 Å². The highest BCUT2D eigenvalue weighted by atomic mass is 32.2. The number of hydrogen-bond acceptors (Lipinski definition) is 7. The normalized spacial score (nSPS) is 14.9. The second-order valence-electron chi connectivity index (χ2n) is 9.79. The van der Waals surface area contributed by atoms with Crippen molar-refractivity contribution in [3.63, 3.8) is 0 Å². The number of sulfone groups is 1. The van der Waals surface area contributed by atoms with Gasteiger partial charge < -0.3 is 15.0 Å². The highest BCUT2D eigenvalue weighted by molar-refractivity contribution is 7.90. The second-order valence-corrected chi connectivity index (χ2v) is 11.7. The summed E-state index contributed by atoms with van der Waals surface area (Å²) in [6.07, 6.45) is 2.26.